The van der Waals surface area contributed by atoms with Gasteiger partial charge < -0.3 is 36.5 Å². The number of hydrogen-bond acceptors (Lipinski definition) is 8. The SMILES string of the molecule is CC(C)(C)OC(=O)N[C@@H](CC(=O)OCc1ccccc1)C(=O)O.NC(=O)[C@](N)(CCCO)Cc1ccccc1. The van der Waals surface area contributed by atoms with E-state index in [4.69, 9.17) is 31.2 Å². The predicted molar refractivity (Wildman–Crippen MR) is 144 cm³/mol. The van der Waals surface area contributed by atoms with Crippen molar-refractivity contribution in [1.29, 1.82) is 0 Å². The van der Waals surface area contributed by atoms with Crippen molar-refractivity contribution in [1.82, 2.24) is 5.32 Å². The lowest BCUT2D eigenvalue weighted by Crippen LogP contribution is -2.53. The summed E-state index contributed by atoms with van der Waals surface area (Å²) in [5.41, 5.74) is 11.2. The minimum Gasteiger partial charge on any atom is -0.480 e. The van der Waals surface area contributed by atoms with Gasteiger partial charge in [-0.05, 0) is 51.2 Å². The van der Waals surface area contributed by atoms with Gasteiger partial charge in [0.25, 0.3) is 0 Å². The summed E-state index contributed by atoms with van der Waals surface area (Å²) in [7, 11) is 0. The van der Waals surface area contributed by atoms with E-state index in [-0.39, 0.29) is 13.2 Å². The molecular formula is C28H39N3O8. The van der Waals surface area contributed by atoms with E-state index in [1.807, 2.05) is 36.4 Å². The number of aliphatic hydroxyl groups excluding tert-OH is 1. The van der Waals surface area contributed by atoms with E-state index in [1.165, 1.54) is 0 Å². The highest BCUT2D eigenvalue weighted by Crippen LogP contribution is 2.16. The molecule has 214 valence electrons. The van der Waals surface area contributed by atoms with Gasteiger partial charge in [0.15, 0.2) is 0 Å². The highest BCUT2D eigenvalue weighted by atomic mass is 16.6. The molecule has 0 aliphatic carbocycles. The van der Waals surface area contributed by atoms with E-state index in [2.05, 4.69) is 5.32 Å². The number of benzene rings is 2. The normalized spacial score (nSPS) is 13.1. The Bertz CT molecular complexity index is 1060. The summed E-state index contributed by atoms with van der Waals surface area (Å²) in [5.74, 6) is -2.59. The number of amides is 2. The molecule has 2 aromatic carbocycles. The molecular weight excluding hydrogens is 506 g/mol. The van der Waals surface area contributed by atoms with E-state index in [1.54, 1.807) is 45.0 Å². The van der Waals surface area contributed by atoms with Gasteiger partial charge in [0.2, 0.25) is 5.91 Å². The topological polar surface area (TPSA) is 191 Å². The molecule has 2 rings (SSSR count). The van der Waals surface area contributed by atoms with Crippen LogP contribution in [0.15, 0.2) is 60.7 Å². The molecule has 0 saturated carbocycles. The van der Waals surface area contributed by atoms with Crippen LogP contribution < -0.4 is 16.8 Å². The van der Waals surface area contributed by atoms with Crippen LogP contribution in [0.4, 0.5) is 4.79 Å². The Balaban J connectivity index is 0.000000416. The number of aliphatic hydroxyl groups is 1. The third-order valence-corrected chi connectivity index (χ3v) is 5.24. The van der Waals surface area contributed by atoms with Gasteiger partial charge in [-0.2, -0.15) is 0 Å². The van der Waals surface area contributed by atoms with Gasteiger partial charge >= 0.3 is 18.0 Å². The molecule has 39 heavy (non-hydrogen) atoms. The molecule has 2 atom stereocenters. The molecule has 2 amide bonds. The molecule has 0 saturated heterocycles. The monoisotopic (exact) mass is 545 g/mol. The number of carboxylic acid groups (broad SMARTS) is 1. The zero-order valence-corrected chi connectivity index (χ0v) is 22.6. The van der Waals surface area contributed by atoms with Gasteiger partial charge in [0.05, 0.1) is 12.0 Å². The van der Waals surface area contributed by atoms with Crippen LogP contribution in [0.25, 0.3) is 0 Å². The zero-order chi connectivity index (χ0) is 29.5. The van der Waals surface area contributed by atoms with Gasteiger partial charge in [-0.15, -0.1) is 0 Å². The van der Waals surface area contributed by atoms with Crippen LogP contribution in [0, 0.1) is 0 Å². The molecule has 0 fully saturated rings. The first-order chi connectivity index (χ1) is 18.3. The third kappa shape index (κ3) is 14.0. The summed E-state index contributed by atoms with van der Waals surface area (Å²) in [6, 6.07) is 17.1. The van der Waals surface area contributed by atoms with Crippen LogP contribution in [0.5, 0.6) is 0 Å². The van der Waals surface area contributed by atoms with Crippen molar-refractivity contribution in [2.75, 3.05) is 6.61 Å². The van der Waals surface area contributed by atoms with Crippen LogP contribution in [-0.2, 0) is 36.9 Å². The smallest absolute Gasteiger partial charge is 0.408 e. The van der Waals surface area contributed by atoms with Crippen LogP contribution in [0.1, 0.15) is 51.2 Å². The number of nitrogens with two attached hydrogens (primary N) is 2. The van der Waals surface area contributed by atoms with Crippen LogP contribution in [0.3, 0.4) is 0 Å². The second kappa shape index (κ2) is 16.1. The second-order valence-corrected chi connectivity index (χ2v) is 9.90. The Morgan fingerprint density at radius 2 is 1.49 bits per heavy atom. The van der Waals surface area contributed by atoms with Gasteiger partial charge in [-0.3, -0.25) is 9.59 Å². The number of carbonyl (C=O) groups excluding carboxylic acids is 3. The van der Waals surface area contributed by atoms with Crippen LogP contribution in [-0.4, -0.2) is 57.9 Å². The predicted octanol–water partition coefficient (Wildman–Crippen LogP) is 2.28. The molecule has 0 aromatic heterocycles. The summed E-state index contributed by atoms with van der Waals surface area (Å²) in [5, 5.41) is 20.0. The maximum absolute atomic E-state index is 11.7. The Morgan fingerprint density at radius 3 is 1.95 bits per heavy atom. The number of carbonyl (C=O) groups is 4. The van der Waals surface area contributed by atoms with Gasteiger partial charge in [-0.25, -0.2) is 9.59 Å². The van der Waals surface area contributed by atoms with Gasteiger partial charge in [-0.1, -0.05) is 60.7 Å². The fourth-order valence-electron chi connectivity index (χ4n) is 3.27. The van der Waals surface area contributed by atoms with Crippen molar-refractivity contribution in [3.63, 3.8) is 0 Å². The summed E-state index contributed by atoms with van der Waals surface area (Å²) in [4.78, 5) is 45.8. The molecule has 0 aliphatic heterocycles. The number of carboxylic acids is 1. The minimum atomic E-state index is -1.41. The molecule has 11 nitrogen and oxygen atoms in total. The van der Waals surface area contributed by atoms with Crippen molar-refractivity contribution in [2.24, 2.45) is 11.5 Å². The fraction of sp³-hybridized carbons (Fsp3) is 0.429. The molecule has 0 aliphatic rings. The minimum absolute atomic E-state index is 0.0149. The number of ether oxygens (including phenoxy) is 2. The first-order valence-electron chi connectivity index (χ1n) is 12.4. The molecule has 0 heterocycles. The highest BCUT2D eigenvalue weighted by Gasteiger charge is 2.31. The molecule has 0 unspecified atom stereocenters. The number of alkyl carbamates (subject to hydrolysis) is 1. The number of esters is 1. The van der Waals surface area contributed by atoms with Crippen molar-refractivity contribution in [3.8, 4) is 0 Å². The lowest BCUT2D eigenvalue weighted by atomic mass is 9.87. The van der Waals surface area contributed by atoms with Crippen molar-refractivity contribution in [2.45, 2.75) is 70.2 Å². The summed E-state index contributed by atoms with van der Waals surface area (Å²) >= 11 is 0. The number of rotatable bonds is 12. The average Bonchev–Trinajstić information content (AvgIpc) is 2.86. The molecule has 7 N–H and O–H groups in total. The first-order valence-corrected chi connectivity index (χ1v) is 12.4. The largest absolute Gasteiger partial charge is 0.480 e. The molecule has 11 heteroatoms. The van der Waals surface area contributed by atoms with E-state index in [0.717, 1.165) is 11.1 Å². The summed E-state index contributed by atoms with van der Waals surface area (Å²) in [6.07, 6.45) is -0.106. The van der Waals surface area contributed by atoms with E-state index >= 15 is 0 Å². The number of primary amides is 1. The Morgan fingerprint density at radius 1 is 0.949 bits per heavy atom. The summed E-state index contributed by atoms with van der Waals surface area (Å²) < 4.78 is 9.96. The lowest BCUT2D eigenvalue weighted by molar-refractivity contribution is -0.150. The highest BCUT2D eigenvalue weighted by molar-refractivity contribution is 5.85. The van der Waals surface area contributed by atoms with Crippen molar-refractivity contribution < 1.29 is 38.9 Å². The van der Waals surface area contributed by atoms with Gasteiger partial charge in [0, 0.05) is 6.61 Å². The second-order valence-electron chi connectivity index (χ2n) is 9.90. The molecule has 0 radical (unpaired) electrons. The average molecular weight is 546 g/mol. The molecule has 2 aromatic rings. The maximum atomic E-state index is 11.7. The first kappa shape index (κ1) is 33.1. The number of hydrogen-bond donors (Lipinski definition) is 5. The van der Waals surface area contributed by atoms with Crippen molar-refractivity contribution >= 4 is 23.9 Å². The van der Waals surface area contributed by atoms with E-state index < -0.39 is 47.5 Å². The zero-order valence-electron chi connectivity index (χ0n) is 22.6. The van der Waals surface area contributed by atoms with E-state index in [0.29, 0.717) is 19.3 Å². The van der Waals surface area contributed by atoms with Crippen LogP contribution >= 0.6 is 0 Å². The van der Waals surface area contributed by atoms with Crippen molar-refractivity contribution in [3.05, 3.63) is 71.8 Å². The quantitative estimate of drug-likeness (QED) is 0.249. The summed E-state index contributed by atoms with van der Waals surface area (Å²) in [6.45, 7) is 5.00. The Hall–Kier alpha value is -3.96. The Labute approximate surface area is 228 Å². The van der Waals surface area contributed by atoms with Gasteiger partial charge in [0.1, 0.15) is 18.2 Å². The lowest BCUT2D eigenvalue weighted by Gasteiger charge is -2.25. The van der Waals surface area contributed by atoms with E-state index in [9.17, 15) is 19.2 Å². The third-order valence-electron chi connectivity index (χ3n) is 5.24. The maximum Gasteiger partial charge on any atom is 0.408 e. The Kier molecular flexibility index (Phi) is 13.7. The number of aliphatic carboxylic acids is 1. The molecule has 0 bridgehead atoms. The van der Waals surface area contributed by atoms with Crippen LogP contribution in [0.2, 0.25) is 0 Å². The number of nitrogens with one attached hydrogen (secondary N) is 1. The standard InChI is InChI=1S/C16H21NO6.C12H18N2O2/c1-16(2,3)23-15(21)17-12(14(19)20)9-13(18)22-10-11-7-5-4-6-8-11;13-11(16)12(14,7-4-8-15)9-10-5-2-1-3-6-10/h4-8,12H,9-10H2,1-3H3,(H,17,21)(H,19,20);1-3,5-6,15H,4,7-9,14H2,(H2,13,16)/t2*12-/m00/s1. The molecule has 0 spiro atoms. The fourth-order valence-corrected chi connectivity index (χ4v) is 3.27.